The molecule has 2 rings (SSSR count). The molecule has 0 aliphatic heterocycles. The molecular weight excluding hydrogens is 371 g/mol. The standard InChI is InChI=1S/C16H12Cl2N2O5/c1-8(25-16(24)9-4-5-19-13(18)6-9)14(21)20-10-2-3-12(17)11(7-10)15(22)23/h2-8H,1H3,(H,20,21)(H,22,23). The normalized spacial score (nSPS) is 11.5. The quantitative estimate of drug-likeness (QED) is 0.607. The second kappa shape index (κ2) is 7.96. The van der Waals surface area contributed by atoms with Crippen LogP contribution in [0.3, 0.4) is 0 Å². The van der Waals surface area contributed by atoms with Gasteiger partial charge in [0.2, 0.25) is 0 Å². The molecule has 1 atom stereocenters. The zero-order valence-corrected chi connectivity index (χ0v) is 14.3. The van der Waals surface area contributed by atoms with Crippen LogP contribution >= 0.6 is 23.2 Å². The highest BCUT2D eigenvalue weighted by atomic mass is 35.5. The van der Waals surface area contributed by atoms with Gasteiger partial charge in [-0.25, -0.2) is 14.6 Å². The molecule has 2 aromatic rings. The van der Waals surface area contributed by atoms with Gasteiger partial charge in [-0.15, -0.1) is 0 Å². The lowest BCUT2D eigenvalue weighted by atomic mass is 10.2. The number of aromatic nitrogens is 1. The van der Waals surface area contributed by atoms with Crippen molar-refractivity contribution in [3.8, 4) is 0 Å². The Hall–Kier alpha value is -2.64. The van der Waals surface area contributed by atoms with E-state index in [4.69, 9.17) is 33.0 Å². The number of halogens is 2. The topological polar surface area (TPSA) is 106 Å². The molecule has 1 heterocycles. The fraction of sp³-hybridized carbons (Fsp3) is 0.125. The zero-order valence-electron chi connectivity index (χ0n) is 12.8. The number of ether oxygens (including phenoxy) is 1. The number of benzene rings is 1. The molecule has 25 heavy (non-hydrogen) atoms. The number of esters is 1. The Bertz CT molecular complexity index is 841. The number of rotatable bonds is 5. The molecule has 1 unspecified atom stereocenters. The lowest BCUT2D eigenvalue weighted by molar-refractivity contribution is -0.123. The second-order valence-electron chi connectivity index (χ2n) is 4.90. The predicted molar refractivity (Wildman–Crippen MR) is 91.2 cm³/mol. The highest BCUT2D eigenvalue weighted by Gasteiger charge is 2.20. The highest BCUT2D eigenvalue weighted by Crippen LogP contribution is 2.21. The number of anilines is 1. The van der Waals surface area contributed by atoms with Gasteiger partial charge >= 0.3 is 11.9 Å². The van der Waals surface area contributed by atoms with Crippen molar-refractivity contribution in [1.82, 2.24) is 4.98 Å². The number of nitrogens with one attached hydrogen (secondary N) is 1. The summed E-state index contributed by atoms with van der Waals surface area (Å²) in [6.07, 6.45) is 0.216. The Morgan fingerprint density at radius 3 is 2.56 bits per heavy atom. The summed E-state index contributed by atoms with van der Waals surface area (Å²) in [5, 5.41) is 11.6. The minimum absolute atomic E-state index is 0.0412. The van der Waals surface area contributed by atoms with Crippen molar-refractivity contribution >= 4 is 46.7 Å². The molecule has 0 aliphatic rings. The number of hydrogen-bond acceptors (Lipinski definition) is 5. The predicted octanol–water partition coefficient (Wildman–Crippen LogP) is 3.27. The lowest BCUT2D eigenvalue weighted by Gasteiger charge is -2.14. The Balaban J connectivity index is 2.04. The minimum Gasteiger partial charge on any atom is -0.478 e. The van der Waals surface area contributed by atoms with E-state index in [0.717, 1.165) is 0 Å². The van der Waals surface area contributed by atoms with Crippen molar-refractivity contribution in [3.63, 3.8) is 0 Å². The Labute approximate surface area is 152 Å². The summed E-state index contributed by atoms with van der Waals surface area (Å²) in [7, 11) is 0. The minimum atomic E-state index is -1.23. The van der Waals surface area contributed by atoms with Crippen LogP contribution in [-0.4, -0.2) is 34.0 Å². The molecule has 1 aromatic heterocycles. The number of aromatic carboxylic acids is 1. The number of hydrogen-bond donors (Lipinski definition) is 2. The first kappa shape index (κ1) is 18.7. The summed E-state index contributed by atoms with van der Waals surface area (Å²) in [5.41, 5.74) is 0.205. The number of amides is 1. The van der Waals surface area contributed by atoms with Gasteiger partial charge in [0, 0.05) is 11.9 Å². The molecule has 130 valence electrons. The molecule has 0 radical (unpaired) electrons. The van der Waals surface area contributed by atoms with Gasteiger partial charge in [0.1, 0.15) is 5.15 Å². The number of carboxylic acids is 1. The second-order valence-corrected chi connectivity index (χ2v) is 5.70. The van der Waals surface area contributed by atoms with Gasteiger partial charge in [0.05, 0.1) is 16.1 Å². The van der Waals surface area contributed by atoms with Crippen molar-refractivity contribution in [2.24, 2.45) is 0 Å². The summed E-state index contributed by atoms with van der Waals surface area (Å²) >= 11 is 11.5. The lowest BCUT2D eigenvalue weighted by Crippen LogP contribution is -2.30. The summed E-state index contributed by atoms with van der Waals surface area (Å²) in [6.45, 7) is 1.38. The van der Waals surface area contributed by atoms with Crippen LogP contribution in [0.25, 0.3) is 0 Å². The van der Waals surface area contributed by atoms with E-state index in [1.54, 1.807) is 0 Å². The molecular formula is C16H12Cl2N2O5. The van der Waals surface area contributed by atoms with E-state index in [2.05, 4.69) is 10.3 Å². The number of carbonyl (C=O) groups excluding carboxylic acids is 2. The van der Waals surface area contributed by atoms with Crippen LogP contribution in [0, 0.1) is 0 Å². The Morgan fingerprint density at radius 2 is 1.92 bits per heavy atom. The van der Waals surface area contributed by atoms with Gasteiger partial charge in [-0.3, -0.25) is 4.79 Å². The van der Waals surface area contributed by atoms with Crippen molar-refractivity contribution in [2.45, 2.75) is 13.0 Å². The number of carboxylic acid groups (broad SMARTS) is 1. The monoisotopic (exact) mass is 382 g/mol. The van der Waals surface area contributed by atoms with Gasteiger partial charge in [-0.1, -0.05) is 23.2 Å². The fourth-order valence-electron chi connectivity index (χ4n) is 1.82. The summed E-state index contributed by atoms with van der Waals surface area (Å²) < 4.78 is 5.05. The molecule has 0 spiro atoms. The molecule has 0 saturated carbocycles. The molecule has 0 fully saturated rings. The maximum atomic E-state index is 12.1. The van der Waals surface area contributed by atoms with Gasteiger partial charge in [-0.05, 0) is 37.3 Å². The summed E-state index contributed by atoms with van der Waals surface area (Å²) in [6, 6.07) is 6.70. The average Bonchev–Trinajstić information content (AvgIpc) is 2.56. The average molecular weight is 383 g/mol. The van der Waals surface area contributed by atoms with Gasteiger partial charge < -0.3 is 15.2 Å². The first-order valence-corrected chi connectivity index (χ1v) is 7.69. The van der Waals surface area contributed by atoms with Crippen LogP contribution in [0.1, 0.15) is 27.6 Å². The number of carbonyl (C=O) groups is 3. The van der Waals surface area contributed by atoms with E-state index >= 15 is 0 Å². The van der Waals surface area contributed by atoms with Gasteiger partial charge in [0.25, 0.3) is 5.91 Å². The zero-order chi connectivity index (χ0) is 18.6. The molecule has 7 nitrogen and oxygen atoms in total. The third-order valence-electron chi connectivity index (χ3n) is 3.08. The van der Waals surface area contributed by atoms with Gasteiger partial charge in [-0.2, -0.15) is 0 Å². The fourth-order valence-corrected chi connectivity index (χ4v) is 2.19. The van der Waals surface area contributed by atoms with Crippen molar-refractivity contribution < 1.29 is 24.2 Å². The third kappa shape index (κ3) is 4.91. The first-order chi connectivity index (χ1) is 11.8. The van der Waals surface area contributed by atoms with E-state index in [1.807, 2.05) is 0 Å². The molecule has 2 N–H and O–H groups in total. The van der Waals surface area contributed by atoms with Crippen LogP contribution in [0.15, 0.2) is 36.5 Å². The van der Waals surface area contributed by atoms with Gasteiger partial charge in [0.15, 0.2) is 6.10 Å². The maximum absolute atomic E-state index is 12.1. The summed E-state index contributed by atoms with van der Waals surface area (Å²) in [4.78, 5) is 38.9. The van der Waals surface area contributed by atoms with E-state index in [1.165, 1.54) is 43.5 Å². The Kier molecular flexibility index (Phi) is 5.95. The van der Waals surface area contributed by atoms with E-state index < -0.39 is 23.9 Å². The van der Waals surface area contributed by atoms with Crippen molar-refractivity contribution in [1.29, 1.82) is 0 Å². The number of pyridine rings is 1. The van der Waals surface area contributed by atoms with Crippen molar-refractivity contribution in [3.05, 3.63) is 57.8 Å². The molecule has 0 aliphatic carbocycles. The van der Waals surface area contributed by atoms with E-state index in [-0.39, 0.29) is 27.0 Å². The van der Waals surface area contributed by atoms with Crippen LogP contribution in [0.5, 0.6) is 0 Å². The SMILES string of the molecule is CC(OC(=O)c1ccnc(Cl)c1)C(=O)Nc1ccc(Cl)c(C(=O)O)c1. The molecule has 1 aromatic carbocycles. The molecule has 0 bridgehead atoms. The molecule has 0 saturated heterocycles. The molecule has 9 heteroatoms. The summed E-state index contributed by atoms with van der Waals surface area (Å²) in [5.74, 6) is -2.60. The van der Waals surface area contributed by atoms with Crippen LogP contribution in [0.2, 0.25) is 10.2 Å². The van der Waals surface area contributed by atoms with E-state index in [9.17, 15) is 14.4 Å². The van der Waals surface area contributed by atoms with Crippen LogP contribution < -0.4 is 5.32 Å². The highest BCUT2D eigenvalue weighted by molar-refractivity contribution is 6.33. The molecule has 1 amide bonds. The van der Waals surface area contributed by atoms with E-state index in [0.29, 0.717) is 0 Å². The smallest absolute Gasteiger partial charge is 0.339 e. The third-order valence-corrected chi connectivity index (χ3v) is 3.62. The van der Waals surface area contributed by atoms with Crippen molar-refractivity contribution in [2.75, 3.05) is 5.32 Å². The maximum Gasteiger partial charge on any atom is 0.339 e. The number of nitrogens with zero attached hydrogens (tertiary/aromatic N) is 1. The van der Waals surface area contributed by atoms with Crippen LogP contribution in [0.4, 0.5) is 5.69 Å². The first-order valence-electron chi connectivity index (χ1n) is 6.94. The van der Waals surface area contributed by atoms with Crippen LogP contribution in [-0.2, 0) is 9.53 Å². The largest absolute Gasteiger partial charge is 0.478 e. The Morgan fingerprint density at radius 1 is 1.20 bits per heavy atom.